The van der Waals surface area contributed by atoms with Crippen LogP contribution in [0, 0.1) is 34.5 Å². The molecule has 0 aromatic rings. The molecule has 7 rings (SSSR count). The van der Waals surface area contributed by atoms with Gasteiger partial charge >= 0.3 is 5.97 Å². The highest BCUT2D eigenvalue weighted by molar-refractivity contribution is 5.85. The summed E-state index contributed by atoms with van der Waals surface area (Å²) in [4.78, 5) is 11.8. The van der Waals surface area contributed by atoms with Gasteiger partial charge in [-0.2, -0.15) is 0 Å². The van der Waals surface area contributed by atoms with Crippen molar-refractivity contribution in [1.29, 1.82) is 0 Å². The molecule has 13 atom stereocenters. The van der Waals surface area contributed by atoms with Crippen molar-refractivity contribution in [1.82, 2.24) is 0 Å². The van der Waals surface area contributed by atoms with Gasteiger partial charge in [0.05, 0.1) is 23.9 Å². The van der Waals surface area contributed by atoms with Crippen LogP contribution in [0.4, 0.5) is 0 Å². The van der Waals surface area contributed by atoms with Gasteiger partial charge in [0.1, 0.15) is 12.7 Å². The van der Waals surface area contributed by atoms with Gasteiger partial charge in [0.25, 0.3) is 0 Å². The zero-order valence-electron chi connectivity index (χ0n) is 22.4. The third-order valence-electron chi connectivity index (χ3n) is 12.3. The van der Waals surface area contributed by atoms with Gasteiger partial charge in [0.15, 0.2) is 0 Å². The lowest BCUT2D eigenvalue weighted by atomic mass is 9.42. The summed E-state index contributed by atoms with van der Waals surface area (Å²) in [7, 11) is 0. The van der Waals surface area contributed by atoms with Crippen LogP contribution in [0.1, 0.15) is 71.6 Å². The quantitative estimate of drug-likeness (QED) is 0.309. The Kier molecular flexibility index (Phi) is 5.77. The number of aliphatic hydroxyl groups excluding tert-OH is 2. The molecule has 4 N–H and O–H groups in total. The van der Waals surface area contributed by atoms with E-state index in [2.05, 4.69) is 6.92 Å². The number of esters is 1. The lowest BCUT2D eigenvalue weighted by Crippen LogP contribution is -2.71. The zero-order valence-corrected chi connectivity index (χ0v) is 22.4. The second kappa shape index (κ2) is 8.47. The van der Waals surface area contributed by atoms with Gasteiger partial charge in [-0.15, -0.1) is 0 Å². The maximum atomic E-state index is 12.5. The Morgan fingerprint density at radius 3 is 2.58 bits per heavy atom. The molecule has 0 aromatic heterocycles. The van der Waals surface area contributed by atoms with Crippen LogP contribution >= 0.6 is 0 Å². The van der Waals surface area contributed by atoms with Gasteiger partial charge in [0, 0.05) is 29.9 Å². The SMILES string of the molecule is C[C@@H]1C[C@H](O)[C@]2(O)O[C@@H]3C[C@@]4(CO)[C@@H](CC[C@@H]5[C@@H]4CC[C@]4(C)[C@@H](C6=CC(=O)OC6)CC[C@]54O)C[C@H]3O[C@@H]2O1. The molecule has 4 aliphatic carbocycles. The lowest BCUT2D eigenvalue weighted by molar-refractivity contribution is -0.459. The third kappa shape index (κ3) is 3.27. The van der Waals surface area contributed by atoms with E-state index in [4.69, 9.17) is 18.9 Å². The van der Waals surface area contributed by atoms with Crippen LogP contribution in [0.2, 0.25) is 0 Å². The molecule has 0 spiro atoms. The van der Waals surface area contributed by atoms with E-state index in [9.17, 15) is 25.2 Å². The minimum atomic E-state index is -1.93. The molecule has 212 valence electrons. The van der Waals surface area contributed by atoms with Gasteiger partial charge in [0.2, 0.25) is 12.1 Å². The van der Waals surface area contributed by atoms with Crippen LogP contribution in [-0.4, -0.2) is 81.7 Å². The van der Waals surface area contributed by atoms with Gasteiger partial charge in [-0.25, -0.2) is 4.79 Å². The predicted molar refractivity (Wildman–Crippen MR) is 132 cm³/mol. The number of carbonyl (C=O) groups is 1. The van der Waals surface area contributed by atoms with Gasteiger partial charge < -0.3 is 39.4 Å². The monoisotopic (exact) mass is 534 g/mol. The fourth-order valence-corrected chi connectivity index (χ4v) is 10.4. The maximum absolute atomic E-state index is 12.5. The fraction of sp³-hybridized carbons (Fsp3) is 0.897. The zero-order chi connectivity index (χ0) is 26.7. The Morgan fingerprint density at radius 1 is 1.03 bits per heavy atom. The first-order valence-electron chi connectivity index (χ1n) is 14.6. The summed E-state index contributed by atoms with van der Waals surface area (Å²) in [5, 5.41) is 45.5. The molecule has 2 saturated heterocycles. The number of ether oxygens (including phenoxy) is 4. The van der Waals surface area contributed by atoms with Crippen LogP contribution in [0.15, 0.2) is 11.6 Å². The van der Waals surface area contributed by atoms with Crippen molar-refractivity contribution in [2.75, 3.05) is 13.2 Å². The van der Waals surface area contributed by atoms with Crippen LogP contribution in [0.3, 0.4) is 0 Å². The van der Waals surface area contributed by atoms with Crippen molar-refractivity contribution in [3.63, 3.8) is 0 Å². The Morgan fingerprint density at radius 2 is 1.84 bits per heavy atom. The average Bonchev–Trinajstić information content (AvgIpc) is 3.42. The molecule has 0 radical (unpaired) electrons. The van der Waals surface area contributed by atoms with E-state index in [0.29, 0.717) is 25.9 Å². The van der Waals surface area contributed by atoms with Crippen LogP contribution in [-0.2, 0) is 23.7 Å². The number of hydrogen-bond donors (Lipinski definition) is 4. The van der Waals surface area contributed by atoms with E-state index in [1.54, 1.807) is 6.08 Å². The molecule has 9 nitrogen and oxygen atoms in total. The molecule has 0 bridgehead atoms. The summed E-state index contributed by atoms with van der Waals surface area (Å²) in [6.07, 6.45) is 4.93. The summed E-state index contributed by atoms with van der Waals surface area (Å²) in [5.74, 6) is -1.73. The van der Waals surface area contributed by atoms with Crippen molar-refractivity contribution in [3.8, 4) is 0 Å². The number of hydrogen-bond acceptors (Lipinski definition) is 9. The first-order valence-corrected chi connectivity index (χ1v) is 14.6. The molecule has 9 heteroatoms. The Hall–Kier alpha value is -1.07. The first kappa shape index (κ1) is 25.9. The highest BCUT2D eigenvalue weighted by atomic mass is 16.8. The number of carbonyl (C=O) groups excluding carboxylic acids is 1. The molecule has 38 heavy (non-hydrogen) atoms. The minimum Gasteiger partial charge on any atom is -0.458 e. The molecule has 7 aliphatic rings. The van der Waals surface area contributed by atoms with Gasteiger partial charge in [-0.1, -0.05) is 6.92 Å². The first-order chi connectivity index (χ1) is 18.0. The van der Waals surface area contributed by atoms with Crippen molar-refractivity contribution in [2.24, 2.45) is 34.5 Å². The lowest BCUT2D eigenvalue weighted by Gasteiger charge is -2.66. The highest BCUT2D eigenvalue weighted by Crippen LogP contribution is 2.70. The molecule has 0 aromatic carbocycles. The minimum absolute atomic E-state index is 0.00687. The Labute approximate surface area is 223 Å². The predicted octanol–water partition coefficient (Wildman–Crippen LogP) is 1.79. The molecular formula is C29H42O9. The molecule has 4 saturated carbocycles. The van der Waals surface area contributed by atoms with Gasteiger partial charge in [-0.05, 0) is 87.5 Å². The van der Waals surface area contributed by atoms with E-state index < -0.39 is 35.3 Å². The molecule has 0 amide bonds. The van der Waals surface area contributed by atoms with Crippen LogP contribution in [0.5, 0.6) is 0 Å². The average molecular weight is 535 g/mol. The second-order valence-corrected chi connectivity index (χ2v) is 13.7. The van der Waals surface area contributed by atoms with Crippen molar-refractivity contribution < 1.29 is 44.2 Å². The van der Waals surface area contributed by atoms with Crippen molar-refractivity contribution >= 4 is 5.97 Å². The number of rotatable bonds is 2. The molecule has 3 heterocycles. The molecule has 6 fully saturated rings. The van der Waals surface area contributed by atoms with E-state index in [1.807, 2.05) is 6.92 Å². The Balaban J connectivity index is 1.18. The summed E-state index contributed by atoms with van der Waals surface area (Å²) in [6, 6.07) is 0. The number of aliphatic hydroxyl groups is 4. The van der Waals surface area contributed by atoms with E-state index >= 15 is 0 Å². The summed E-state index contributed by atoms with van der Waals surface area (Å²) >= 11 is 0. The van der Waals surface area contributed by atoms with Crippen LogP contribution < -0.4 is 0 Å². The Bertz CT molecular complexity index is 1030. The molecular weight excluding hydrogens is 492 g/mol. The number of fused-ring (bicyclic) bond motifs is 7. The number of cyclic esters (lactones) is 1. The largest absolute Gasteiger partial charge is 0.458 e. The van der Waals surface area contributed by atoms with Gasteiger partial charge in [-0.3, -0.25) is 0 Å². The fourth-order valence-electron chi connectivity index (χ4n) is 10.4. The third-order valence-corrected chi connectivity index (χ3v) is 12.3. The smallest absolute Gasteiger partial charge is 0.331 e. The maximum Gasteiger partial charge on any atom is 0.331 e. The summed E-state index contributed by atoms with van der Waals surface area (Å²) in [5.41, 5.74) is -0.670. The highest BCUT2D eigenvalue weighted by Gasteiger charge is 2.70. The topological polar surface area (TPSA) is 135 Å². The second-order valence-electron chi connectivity index (χ2n) is 13.7. The van der Waals surface area contributed by atoms with Crippen LogP contribution in [0.25, 0.3) is 0 Å². The van der Waals surface area contributed by atoms with Crippen molar-refractivity contribution in [2.45, 2.75) is 114 Å². The van der Waals surface area contributed by atoms with E-state index in [1.165, 1.54) is 0 Å². The van der Waals surface area contributed by atoms with E-state index in [0.717, 1.165) is 37.7 Å². The molecule has 3 aliphatic heterocycles. The summed E-state index contributed by atoms with van der Waals surface area (Å²) < 4.78 is 23.6. The van der Waals surface area contributed by atoms with Crippen molar-refractivity contribution in [3.05, 3.63) is 11.6 Å². The molecule has 0 unspecified atom stereocenters. The standard InChI is InChI=1S/C29H42O9/c1-15-9-23(31)29(34)25(36-15)37-21-11-17-3-4-20-19(27(17,14-30)12-22(21)38-29)5-7-26(2)18(6-8-28(20,26)33)16-10-24(32)35-13-16/h10,15,17-23,25,30-31,33-34H,3-9,11-14H2,1-2H3/t15-,17+,18-,19+,20-,21-,22-,23+,25+,26-,27-,28+,29+/m1/s1. The summed E-state index contributed by atoms with van der Waals surface area (Å²) in [6.45, 7) is 4.36. The normalized spacial score (nSPS) is 57.6. The van der Waals surface area contributed by atoms with E-state index in [-0.39, 0.29) is 60.3 Å².